The van der Waals surface area contributed by atoms with Crippen LogP contribution in [-0.4, -0.2) is 16.2 Å². The maximum atomic E-state index is 13.9. The van der Waals surface area contributed by atoms with Crippen molar-refractivity contribution in [2.75, 3.05) is 0 Å². The molecule has 4 nitrogen and oxygen atoms in total. The molecule has 0 saturated carbocycles. The van der Waals surface area contributed by atoms with Crippen molar-refractivity contribution in [3.8, 4) is 39.7 Å². The average molecular weight is 438 g/mol. The van der Waals surface area contributed by atoms with Crippen molar-refractivity contribution >= 4 is 11.3 Å². The van der Waals surface area contributed by atoms with E-state index >= 15 is 0 Å². The number of hydrogen-bond acceptors (Lipinski definition) is 5. The van der Waals surface area contributed by atoms with Gasteiger partial charge in [0.1, 0.15) is 5.75 Å². The molecule has 4 rings (SSSR count). The first kappa shape index (κ1) is 20.9. The van der Waals surface area contributed by atoms with Gasteiger partial charge >= 0.3 is 6.11 Å². The molecule has 0 fully saturated rings. The highest BCUT2D eigenvalue weighted by atomic mass is 32.1. The van der Waals surface area contributed by atoms with E-state index in [0.29, 0.717) is 17.5 Å². The number of ether oxygens (including phenoxy) is 1. The van der Waals surface area contributed by atoms with Crippen molar-refractivity contribution < 1.29 is 18.0 Å². The molecule has 0 aliphatic rings. The Hall–Kier alpha value is -3.32. The summed E-state index contributed by atoms with van der Waals surface area (Å²) >= 11 is 1.67. The topological polar surface area (TPSA) is 48.2 Å². The third kappa shape index (κ3) is 4.41. The summed E-state index contributed by atoms with van der Waals surface area (Å²) in [6.07, 6.45) is -1.52. The van der Waals surface area contributed by atoms with Gasteiger partial charge in [0.2, 0.25) is 5.82 Å². The molecular weight excluding hydrogens is 418 g/mol. The molecule has 0 saturated heterocycles. The first-order chi connectivity index (χ1) is 14.9. The molecule has 31 heavy (non-hydrogen) atoms. The summed E-state index contributed by atoms with van der Waals surface area (Å²) in [5, 5.41) is 8.23. The van der Waals surface area contributed by atoms with Crippen LogP contribution in [0.15, 0.2) is 69.9 Å². The van der Waals surface area contributed by atoms with Crippen LogP contribution < -0.4 is 4.74 Å². The molecule has 2 aromatic heterocycles. The van der Waals surface area contributed by atoms with E-state index < -0.39 is 6.11 Å². The van der Waals surface area contributed by atoms with Gasteiger partial charge in [-0.15, -0.1) is 0 Å². The van der Waals surface area contributed by atoms with Gasteiger partial charge < -0.3 is 9.26 Å². The van der Waals surface area contributed by atoms with Gasteiger partial charge in [-0.3, -0.25) is 0 Å². The lowest BCUT2D eigenvalue weighted by Crippen LogP contribution is -2.21. The standard InChI is InChI=1S/C24H20F2N2O2S/c1-4-11-24(25,26)29-21-8-6-5-7-19(21)22-27-23(30-28-22)17-9-10-18(15(2)12-17)20-14-31-13-16(20)3/h4-14H,1-3H3/b11-4+. The van der Waals surface area contributed by atoms with Crippen molar-refractivity contribution in [2.24, 2.45) is 0 Å². The Bertz CT molecular complexity index is 1240. The van der Waals surface area contributed by atoms with E-state index in [1.54, 1.807) is 29.5 Å². The highest BCUT2D eigenvalue weighted by Crippen LogP contribution is 2.35. The molecule has 2 aromatic carbocycles. The van der Waals surface area contributed by atoms with Crippen LogP contribution in [0.4, 0.5) is 8.78 Å². The minimum atomic E-state index is -3.44. The highest BCUT2D eigenvalue weighted by Gasteiger charge is 2.29. The Morgan fingerprint density at radius 2 is 1.81 bits per heavy atom. The van der Waals surface area contributed by atoms with Crippen LogP contribution in [0, 0.1) is 13.8 Å². The van der Waals surface area contributed by atoms with Gasteiger partial charge in [-0.25, -0.2) is 0 Å². The number of para-hydroxylation sites is 1. The fraction of sp³-hybridized carbons (Fsp3) is 0.167. The maximum Gasteiger partial charge on any atom is 0.419 e. The van der Waals surface area contributed by atoms with E-state index in [9.17, 15) is 8.78 Å². The molecule has 7 heteroatoms. The van der Waals surface area contributed by atoms with Crippen molar-refractivity contribution in [1.29, 1.82) is 0 Å². The lowest BCUT2D eigenvalue weighted by Gasteiger charge is -2.15. The lowest BCUT2D eigenvalue weighted by atomic mass is 9.98. The normalized spacial score (nSPS) is 11.9. The summed E-state index contributed by atoms with van der Waals surface area (Å²) in [5.74, 6) is 0.455. The molecule has 0 radical (unpaired) electrons. The van der Waals surface area contributed by atoms with Crippen molar-refractivity contribution in [2.45, 2.75) is 26.9 Å². The molecule has 0 spiro atoms. The van der Waals surface area contributed by atoms with Crippen molar-refractivity contribution in [3.05, 3.63) is 76.5 Å². The fourth-order valence-corrected chi connectivity index (χ4v) is 4.15. The molecule has 0 N–H and O–H groups in total. The summed E-state index contributed by atoms with van der Waals surface area (Å²) in [4.78, 5) is 4.42. The average Bonchev–Trinajstić information content (AvgIpc) is 3.37. The summed E-state index contributed by atoms with van der Waals surface area (Å²) in [6, 6.07) is 12.3. The Labute approximate surface area is 182 Å². The zero-order valence-electron chi connectivity index (χ0n) is 17.2. The number of halogens is 2. The quantitative estimate of drug-likeness (QED) is 0.296. The molecule has 158 valence electrons. The highest BCUT2D eigenvalue weighted by molar-refractivity contribution is 7.08. The van der Waals surface area contributed by atoms with E-state index in [4.69, 9.17) is 9.26 Å². The van der Waals surface area contributed by atoms with E-state index in [0.717, 1.165) is 16.7 Å². The number of rotatable bonds is 6. The number of allylic oxidation sites excluding steroid dienone is 1. The molecule has 0 bridgehead atoms. The van der Waals surface area contributed by atoms with E-state index in [1.807, 2.05) is 25.1 Å². The monoisotopic (exact) mass is 438 g/mol. The summed E-state index contributed by atoms with van der Waals surface area (Å²) in [6.45, 7) is 5.62. The van der Waals surface area contributed by atoms with Gasteiger partial charge in [-0.2, -0.15) is 25.1 Å². The van der Waals surface area contributed by atoms with Crippen molar-refractivity contribution in [3.63, 3.8) is 0 Å². The third-order valence-corrected chi connectivity index (χ3v) is 5.64. The second kappa shape index (κ2) is 8.43. The Morgan fingerprint density at radius 3 is 2.52 bits per heavy atom. The lowest BCUT2D eigenvalue weighted by molar-refractivity contribution is -0.131. The number of nitrogens with zero attached hydrogens (tertiary/aromatic N) is 2. The van der Waals surface area contributed by atoms with Crippen LogP contribution >= 0.6 is 11.3 Å². The predicted octanol–water partition coefficient (Wildman–Crippen LogP) is 7.30. The summed E-state index contributed by atoms with van der Waals surface area (Å²) in [7, 11) is 0. The van der Waals surface area contributed by atoms with Crippen LogP contribution in [0.2, 0.25) is 0 Å². The van der Waals surface area contributed by atoms with E-state index in [1.165, 1.54) is 30.2 Å². The minimum absolute atomic E-state index is 0.0302. The van der Waals surface area contributed by atoms with E-state index in [2.05, 4.69) is 27.8 Å². The van der Waals surface area contributed by atoms with E-state index in [-0.39, 0.29) is 11.6 Å². The molecule has 0 aliphatic carbocycles. The Balaban J connectivity index is 1.66. The first-order valence-electron chi connectivity index (χ1n) is 9.66. The fourth-order valence-electron chi connectivity index (χ4n) is 3.30. The predicted molar refractivity (Wildman–Crippen MR) is 118 cm³/mol. The number of hydrogen-bond donors (Lipinski definition) is 0. The van der Waals surface area contributed by atoms with Crippen LogP contribution in [-0.2, 0) is 0 Å². The van der Waals surface area contributed by atoms with Crippen LogP contribution in [0.3, 0.4) is 0 Å². The number of alkyl halides is 2. The van der Waals surface area contributed by atoms with Crippen molar-refractivity contribution in [1.82, 2.24) is 10.1 Å². The first-order valence-corrected chi connectivity index (χ1v) is 10.6. The maximum absolute atomic E-state index is 13.9. The van der Waals surface area contributed by atoms with Gasteiger partial charge in [-0.05, 0) is 78.1 Å². The molecular formula is C24H20F2N2O2S. The van der Waals surface area contributed by atoms with Crippen LogP contribution in [0.25, 0.3) is 34.0 Å². The third-order valence-electron chi connectivity index (χ3n) is 4.78. The smallest absolute Gasteiger partial charge is 0.419 e. The number of thiophene rings is 1. The number of aromatic nitrogens is 2. The second-order valence-corrected chi connectivity index (χ2v) is 7.82. The largest absolute Gasteiger partial charge is 0.429 e. The molecule has 2 heterocycles. The Morgan fingerprint density at radius 1 is 1.00 bits per heavy atom. The zero-order chi connectivity index (χ0) is 22.0. The molecule has 0 amide bonds. The zero-order valence-corrected chi connectivity index (χ0v) is 18.0. The van der Waals surface area contributed by atoms with Crippen LogP contribution in [0.5, 0.6) is 5.75 Å². The van der Waals surface area contributed by atoms with Crippen LogP contribution in [0.1, 0.15) is 18.1 Å². The molecule has 0 aliphatic heterocycles. The van der Waals surface area contributed by atoms with Gasteiger partial charge in [0.15, 0.2) is 0 Å². The SMILES string of the molecule is C/C=C/C(F)(F)Oc1ccccc1-c1noc(-c2ccc(-c3cscc3C)c(C)c2)n1. The van der Waals surface area contributed by atoms with Gasteiger partial charge in [0.05, 0.1) is 5.56 Å². The molecule has 4 aromatic rings. The second-order valence-electron chi connectivity index (χ2n) is 7.08. The molecule has 0 unspecified atom stereocenters. The molecule has 0 atom stereocenters. The Kier molecular flexibility index (Phi) is 5.69. The van der Waals surface area contributed by atoms with Gasteiger partial charge in [0.25, 0.3) is 5.89 Å². The van der Waals surface area contributed by atoms with Gasteiger partial charge in [0, 0.05) is 11.6 Å². The number of benzene rings is 2. The van der Waals surface area contributed by atoms with Gasteiger partial charge in [-0.1, -0.05) is 29.4 Å². The summed E-state index contributed by atoms with van der Waals surface area (Å²) < 4.78 is 38.2. The summed E-state index contributed by atoms with van der Waals surface area (Å²) in [5.41, 5.74) is 5.73. The number of aryl methyl sites for hydroxylation is 2. The minimum Gasteiger partial charge on any atom is -0.429 e.